The summed E-state index contributed by atoms with van der Waals surface area (Å²) in [6.45, 7) is 0. The van der Waals surface area contributed by atoms with Crippen molar-refractivity contribution in [2.24, 2.45) is 11.1 Å². The van der Waals surface area contributed by atoms with Gasteiger partial charge in [-0.25, -0.2) is 0 Å². The van der Waals surface area contributed by atoms with Gasteiger partial charge in [-0.15, -0.1) is 0 Å². The predicted octanol–water partition coefficient (Wildman–Crippen LogP) is 1.96. The summed E-state index contributed by atoms with van der Waals surface area (Å²) in [4.78, 5) is 0. The summed E-state index contributed by atoms with van der Waals surface area (Å²) in [5.74, 6) is 0. The van der Waals surface area contributed by atoms with Crippen LogP contribution >= 0.6 is 0 Å². The molecule has 1 fully saturated rings. The lowest BCUT2D eigenvalue weighted by atomic mass is 9.97. The van der Waals surface area contributed by atoms with E-state index in [4.69, 9.17) is 11.0 Å². The molecule has 1 rings (SSSR count). The van der Waals surface area contributed by atoms with E-state index in [1.807, 2.05) is 0 Å². The van der Waals surface area contributed by atoms with Crippen molar-refractivity contribution in [2.75, 3.05) is 0 Å². The van der Waals surface area contributed by atoms with E-state index >= 15 is 0 Å². The molecular weight excluding hydrogens is 181 g/mol. The summed E-state index contributed by atoms with van der Waals surface area (Å²) in [5, 5.41) is 8.30. The number of rotatable bonds is 3. The molecule has 0 aromatic carbocycles. The van der Waals surface area contributed by atoms with Crippen molar-refractivity contribution in [2.45, 2.75) is 37.9 Å². The largest absolute Gasteiger partial charge is 0.394 e. The van der Waals surface area contributed by atoms with Crippen molar-refractivity contribution in [1.29, 1.82) is 5.26 Å². The van der Waals surface area contributed by atoms with Crippen LogP contribution in [0.25, 0.3) is 0 Å². The first-order valence-corrected chi connectivity index (χ1v) is 4.13. The third kappa shape index (κ3) is 2.13. The fourth-order valence-corrected chi connectivity index (χ4v) is 1.32. The molecule has 74 valence electrons. The van der Waals surface area contributed by atoms with E-state index < -0.39 is 17.6 Å². The van der Waals surface area contributed by atoms with E-state index in [1.54, 1.807) is 6.07 Å². The Morgan fingerprint density at radius 3 is 2.31 bits per heavy atom. The van der Waals surface area contributed by atoms with Gasteiger partial charge in [0.15, 0.2) is 0 Å². The van der Waals surface area contributed by atoms with Crippen LogP contribution in [0.5, 0.6) is 0 Å². The molecule has 1 aliphatic carbocycles. The van der Waals surface area contributed by atoms with Crippen LogP contribution in [-0.2, 0) is 0 Å². The Morgan fingerprint density at radius 1 is 1.46 bits per heavy atom. The first kappa shape index (κ1) is 10.3. The predicted molar refractivity (Wildman–Crippen MR) is 40.5 cm³/mol. The normalized spacial score (nSPS) is 22.1. The van der Waals surface area contributed by atoms with Gasteiger partial charge in [-0.2, -0.15) is 18.4 Å². The number of hydrogen-bond donors (Lipinski definition) is 1. The molecule has 0 saturated heterocycles. The fourth-order valence-electron chi connectivity index (χ4n) is 1.32. The number of nitriles is 1. The van der Waals surface area contributed by atoms with E-state index in [2.05, 4.69) is 0 Å². The topological polar surface area (TPSA) is 49.8 Å². The Hall–Kier alpha value is -0.760. The van der Waals surface area contributed by atoms with Crippen molar-refractivity contribution in [3.05, 3.63) is 0 Å². The number of nitrogens with zero attached hydrogens (tertiary/aromatic N) is 1. The van der Waals surface area contributed by atoms with Gasteiger partial charge in [-0.1, -0.05) is 0 Å². The van der Waals surface area contributed by atoms with Crippen LogP contribution in [0.2, 0.25) is 0 Å². The second-order valence-corrected chi connectivity index (χ2v) is 3.55. The quantitative estimate of drug-likeness (QED) is 0.743. The molecule has 0 heterocycles. The van der Waals surface area contributed by atoms with Crippen molar-refractivity contribution in [3.63, 3.8) is 0 Å². The maximum absolute atomic E-state index is 12.3. The molecule has 0 amide bonds. The van der Waals surface area contributed by atoms with Gasteiger partial charge in [0, 0.05) is 0 Å². The van der Waals surface area contributed by atoms with E-state index in [1.165, 1.54) is 0 Å². The summed E-state index contributed by atoms with van der Waals surface area (Å²) in [5.41, 5.74) is 3.71. The molecule has 0 aromatic rings. The lowest BCUT2D eigenvalue weighted by molar-refractivity contribution is -0.189. The van der Waals surface area contributed by atoms with Gasteiger partial charge in [0.25, 0.3) is 0 Å². The van der Waals surface area contributed by atoms with Crippen LogP contribution < -0.4 is 5.73 Å². The van der Waals surface area contributed by atoms with E-state index in [0.717, 1.165) is 0 Å². The van der Waals surface area contributed by atoms with Gasteiger partial charge in [0.1, 0.15) is 0 Å². The highest BCUT2D eigenvalue weighted by atomic mass is 19.4. The highest BCUT2D eigenvalue weighted by molar-refractivity contribution is 5.01. The Bertz CT molecular complexity index is 225. The molecule has 0 aliphatic heterocycles. The zero-order chi connectivity index (χ0) is 10.1. The summed E-state index contributed by atoms with van der Waals surface area (Å²) < 4.78 is 37.0. The molecule has 13 heavy (non-hydrogen) atoms. The lowest BCUT2D eigenvalue weighted by Crippen LogP contribution is -2.27. The van der Waals surface area contributed by atoms with E-state index in [0.29, 0.717) is 0 Å². The summed E-state index contributed by atoms with van der Waals surface area (Å²) >= 11 is 0. The van der Waals surface area contributed by atoms with Crippen LogP contribution in [0, 0.1) is 16.7 Å². The van der Waals surface area contributed by atoms with Crippen LogP contribution in [-0.4, -0.2) is 12.2 Å². The first-order valence-electron chi connectivity index (χ1n) is 4.13. The average Bonchev–Trinajstić information content (AvgIpc) is 2.79. The minimum atomic E-state index is -4.12. The Balaban J connectivity index is 2.42. The molecule has 1 atom stereocenters. The number of alkyl halides is 3. The van der Waals surface area contributed by atoms with Crippen LogP contribution in [0.15, 0.2) is 0 Å². The molecule has 2 N–H and O–H groups in total. The summed E-state index contributed by atoms with van der Waals surface area (Å²) in [7, 11) is 0. The third-order valence-electron chi connectivity index (χ3n) is 2.55. The standard InChI is InChI=1S/C8H11F3N2/c9-8(10,11)7(3-4-7)2-1-6(13)5-12/h6H,1-4,13H2. The molecule has 0 radical (unpaired) electrons. The van der Waals surface area contributed by atoms with Crippen molar-refractivity contribution < 1.29 is 13.2 Å². The molecule has 0 aromatic heterocycles. The van der Waals surface area contributed by atoms with Gasteiger partial charge in [0.2, 0.25) is 0 Å². The molecule has 1 saturated carbocycles. The Kier molecular flexibility index (Phi) is 2.53. The number of halogens is 3. The van der Waals surface area contributed by atoms with E-state index in [-0.39, 0.29) is 25.7 Å². The highest BCUT2D eigenvalue weighted by Gasteiger charge is 2.62. The monoisotopic (exact) mass is 192 g/mol. The van der Waals surface area contributed by atoms with Crippen LogP contribution in [0.4, 0.5) is 13.2 Å². The van der Waals surface area contributed by atoms with Gasteiger partial charge < -0.3 is 5.73 Å². The SMILES string of the molecule is N#CC(N)CCC1(C(F)(F)F)CC1. The Morgan fingerprint density at radius 2 is 2.00 bits per heavy atom. The maximum atomic E-state index is 12.3. The van der Waals surface area contributed by atoms with Gasteiger partial charge >= 0.3 is 6.18 Å². The van der Waals surface area contributed by atoms with Crippen LogP contribution in [0.3, 0.4) is 0 Å². The molecule has 0 bridgehead atoms. The third-order valence-corrected chi connectivity index (χ3v) is 2.55. The molecular formula is C8H11F3N2. The maximum Gasteiger partial charge on any atom is 0.394 e. The van der Waals surface area contributed by atoms with Gasteiger partial charge in [-0.05, 0) is 25.7 Å². The molecule has 0 spiro atoms. The molecule has 1 unspecified atom stereocenters. The first-order chi connectivity index (χ1) is 5.91. The molecule has 1 aliphatic rings. The molecule has 2 nitrogen and oxygen atoms in total. The van der Waals surface area contributed by atoms with Crippen molar-refractivity contribution in [1.82, 2.24) is 0 Å². The zero-order valence-electron chi connectivity index (χ0n) is 7.06. The minimum Gasteiger partial charge on any atom is -0.316 e. The van der Waals surface area contributed by atoms with Gasteiger partial charge in [0.05, 0.1) is 17.5 Å². The summed E-state index contributed by atoms with van der Waals surface area (Å²) in [6, 6.07) is 0.963. The fraction of sp³-hybridized carbons (Fsp3) is 0.875. The second-order valence-electron chi connectivity index (χ2n) is 3.55. The second kappa shape index (κ2) is 3.18. The van der Waals surface area contributed by atoms with E-state index in [9.17, 15) is 13.2 Å². The minimum absolute atomic E-state index is 0.00870. The van der Waals surface area contributed by atoms with Crippen molar-refractivity contribution in [3.8, 4) is 6.07 Å². The smallest absolute Gasteiger partial charge is 0.316 e. The highest BCUT2D eigenvalue weighted by Crippen LogP contribution is 2.60. The van der Waals surface area contributed by atoms with Gasteiger partial charge in [-0.3, -0.25) is 0 Å². The average molecular weight is 192 g/mol. The number of hydrogen-bond acceptors (Lipinski definition) is 2. The summed E-state index contributed by atoms with van der Waals surface area (Å²) in [6.07, 6.45) is -3.62. The Labute approximate surface area is 74.5 Å². The lowest BCUT2D eigenvalue weighted by Gasteiger charge is -2.19. The number of nitrogens with two attached hydrogens (primary N) is 1. The molecule has 5 heteroatoms. The van der Waals surface area contributed by atoms with Crippen molar-refractivity contribution >= 4 is 0 Å². The van der Waals surface area contributed by atoms with Crippen LogP contribution in [0.1, 0.15) is 25.7 Å². The zero-order valence-corrected chi connectivity index (χ0v) is 7.06.